The molecule has 31 heavy (non-hydrogen) atoms. The van der Waals surface area contributed by atoms with Crippen molar-refractivity contribution in [3.63, 3.8) is 0 Å². The highest BCUT2D eigenvalue weighted by Gasteiger charge is 2.20. The number of fused-ring (bicyclic) bond motifs is 1. The number of thiophene rings is 1. The van der Waals surface area contributed by atoms with E-state index in [2.05, 4.69) is 14.9 Å². The molecule has 158 valence electrons. The summed E-state index contributed by atoms with van der Waals surface area (Å²) in [7, 11) is -3.72. The van der Waals surface area contributed by atoms with E-state index >= 15 is 0 Å². The normalized spacial score (nSPS) is 12.9. The number of aromatic nitrogens is 2. The van der Waals surface area contributed by atoms with Gasteiger partial charge in [0.25, 0.3) is 5.89 Å². The van der Waals surface area contributed by atoms with Crippen molar-refractivity contribution in [3.8, 4) is 34.3 Å². The van der Waals surface area contributed by atoms with Crippen molar-refractivity contribution in [2.75, 3.05) is 6.79 Å². The van der Waals surface area contributed by atoms with Crippen LogP contribution in [0.15, 0.2) is 62.6 Å². The summed E-state index contributed by atoms with van der Waals surface area (Å²) in [5, 5.41) is 6.22. The second-order valence-electron chi connectivity index (χ2n) is 6.60. The summed E-state index contributed by atoms with van der Waals surface area (Å²) in [4.78, 5) is 4.35. The molecule has 0 unspecified atom stereocenters. The van der Waals surface area contributed by atoms with Crippen molar-refractivity contribution in [3.05, 3.63) is 64.5 Å². The Morgan fingerprint density at radius 1 is 1.03 bits per heavy atom. The Bertz CT molecular complexity index is 1350. The predicted octanol–water partition coefficient (Wildman–Crippen LogP) is 4.33. The number of halogens is 1. The lowest BCUT2D eigenvalue weighted by molar-refractivity contribution is 0.174. The average molecular weight is 476 g/mol. The van der Waals surface area contributed by atoms with Gasteiger partial charge in [-0.3, -0.25) is 0 Å². The number of benzene rings is 2. The Kier molecular flexibility index (Phi) is 5.14. The van der Waals surface area contributed by atoms with Crippen molar-refractivity contribution in [2.24, 2.45) is 0 Å². The molecule has 0 aliphatic carbocycles. The number of hydrogen-bond acceptors (Lipinski definition) is 8. The molecule has 0 atom stereocenters. The van der Waals surface area contributed by atoms with Crippen LogP contribution < -0.4 is 14.2 Å². The van der Waals surface area contributed by atoms with Crippen LogP contribution in [0.3, 0.4) is 0 Å². The van der Waals surface area contributed by atoms with Gasteiger partial charge >= 0.3 is 0 Å². The highest BCUT2D eigenvalue weighted by molar-refractivity contribution is 7.91. The summed E-state index contributed by atoms with van der Waals surface area (Å²) < 4.78 is 44.0. The lowest BCUT2D eigenvalue weighted by Gasteiger charge is -2.05. The number of nitrogens with zero attached hydrogens (tertiary/aromatic N) is 2. The molecule has 1 aliphatic heterocycles. The van der Waals surface area contributed by atoms with Crippen molar-refractivity contribution >= 4 is 33.0 Å². The second-order valence-corrected chi connectivity index (χ2v) is 9.94. The summed E-state index contributed by atoms with van der Waals surface area (Å²) in [6, 6.07) is 13.8. The molecule has 1 N–H and O–H groups in total. The Hall–Kier alpha value is -2.92. The zero-order valence-corrected chi connectivity index (χ0v) is 18.1. The van der Waals surface area contributed by atoms with Crippen LogP contribution in [0.2, 0.25) is 5.02 Å². The lowest BCUT2D eigenvalue weighted by atomic mass is 10.2. The summed E-state index contributed by atoms with van der Waals surface area (Å²) in [5.74, 6) is 1.87. The van der Waals surface area contributed by atoms with Gasteiger partial charge in [0.05, 0.1) is 5.56 Å². The lowest BCUT2D eigenvalue weighted by Crippen LogP contribution is -2.22. The molecule has 11 heteroatoms. The molecule has 0 fully saturated rings. The molecule has 1 aliphatic rings. The van der Waals surface area contributed by atoms with Gasteiger partial charge in [-0.2, -0.15) is 4.98 Å². The summed E-state index contributed by atoms with van der Waals surface area (Å²) in [6.07, 6.45) is 0. The van der Waals surface area contributed by atoms with E-state index in [0.717, 1.165) is 22.5 Å². The third-order valence-electron chi connectivity index (χ3n) is 4.52. The number of nitrogens with one attached hydrogen (secondary N) is 1. The molecular formula is C20H14ClN3O5S2. The van der Waals surface area contributed by atoms with E-state index < -0.39 is 10.0 Å². The van der Waals surface area contributed by atoms with Crippen molar-refractivity contribution in [2.45, 2.75) is 10.8 Å². The van der Waals surface area contributed by atoms with E-state index in [4.69, 9.17) is 25.6 Å². The predicted molar refractivity (Wildman–Crippen MR) is 115 cm³/mol. The van der Waals surface area contributed by atoms with Gasteiger partial charge in [-0.1, -0.05) is 22.8 Å². The number of sulfonamides is 1. The maximum atomic E-state index is 12.7. The Labute approximate surface area is 186 Å². The highest BCUT2D eigenvalue weighted by Crippen LogP contribution is 2.33. The summed E-state index contributed by atoms with van der Waals surface area (Å²) >= 11 is 6.97. The molecule has 0 spiro atoms. The van der Waals surface area contributed by atoms with E-state index in [1.54, 1.807) is 47.8 Å². The molecule has 4 aromatic rings. The quantitative estimate of drug-likeness (QED) is 0.442. The zero-order chi connectivity index (χ0) is 21.4. The van der Waals surface area contributed by atoms with Gasteiger partial charge in [-0.15, -0.1) is 11.3 Å². The van der Waals surface area contributed by atoms with E-state index in [0.29, 0.717) is 27.9 Å². The van der Waals surface area contributed by atoms with Gasteiger partial charge in [-0.05, 0) is 48.0 Å². The van der Waals surface area contributed by atoms with E-state index in [9.17, 15) is 8.42 Å². The fourth-order valence-electron chi connectivity index (χ4n) is 2.93. The first-order chi connectivity index (χ1) is 15.0. The van der Waals surface area contributed by atoms with Crippen molar-refractivity contribution in [1.29, 1.82) is 0 Å². The third-order valence-corrected chi connectivity index (χ3v) is 7.61. The molecule has 0 bridgehead atoms. The summed E-state index contributed by atoms with van der Waals surface area (Å²) in [5.41, 5.74) is 2.03. The smallest absolute Gasteiger partial charge is 0.259 e. The van der Waals surface area contributed by atoms with Crippen LogP contribution in [0.5, 0.6) is 11.5 Å². The molecule has 5 rings (SSSR count). The van der Waals surface area contributed by atoms with Crippen LogP contribution in [0.1, 0.15) is 5.56 Å². The second kappa shape index (κ2) is 7.97. The van der Waals surface area contributed by atoms with Gasteiger partial charge in [0.2, 0.25) is 22.6 Å². The minimum absolute atomic E-state index is 0.119. The maximum Gasteiger partial charge on any atom is 0.259 e. The molecular weight excluding hydrogens is 462 g/mol. The van der Waals surface area contributed by atoms with Gasteiger partial charge in [0.15, 0.2) is 11.5 Å². The first-order valence-corrected chi connectivity index (χ1v) is 11.8. The van der Waals surface area contributed by atoms with Crippen molar-refractivity contribution in [1.82, 2.24) is 14.9 Å². The number of ether oxygens (including phenoxy) is 2. The van der Waals surface area contributed by atoms with Crippen molar-refractivity contribution < 1.29 is 22.4 Å². The van der Waals surface area contributed by atoms with Crippen LogP contribution in [0, 0.1) is 0 Å². The molecule has 2 aromatic carbocycles. The van der Waals surface area contributed by atoms with Crippen LogP contribution >= 0.6 is 22.9 Å². The standard InChI is InChI=1S/C20H14ClN3O5S2/c21-15-4-2-13(3-5-15)19-23-20(29-24-19)14-8-18(30-10-14)31(25,26)22-9-12-1-6-16-17(7-12)28-11-27-16/h1-8,10,22H,9,11H2. The SMILES string of the molecule is O=S(=O)(NCc1ccc2c(c1)OCO2)c1cc(-c2nc(-c3ccc(Cl)cc3)no2)cs1. The van der Waals surface area contributed by atoms with Crippen LogP contribution in [-0.4, -0.2) is 25.4 Å². The Morgan fingerprint density at radius 2 is 1.84 bits per heavy atom. The minimum atomic E-state index is -3.72. The summed E-state index contributed by atoms with van der Waals surface area (Å²) in [6.45, 7) is 0.283. The van der Waals surface area contributed by atoms with E-state index in [-0.39, 0.29) is 23.4 Å². The van der Waals surface area contributed by atoms with Gasteiger partial charge in [0.1, 0.15) is 4.21 Å². The Morgan fingerprint density at radius 3 is 2.68 bits per heavy atom. The number of rotatable bonds is 6. The molecule has 8 nitrogen and oxygen atoms in total. The van der Waals surface area contributed by atoms with E-state index in [1.807, 2.05) is 0 Å². The molecule has 3 heterocycles. The Balaban J connectivity index is 1.31. The van der Waals surface area contributed by atoms with Gasteiger partial charge in [-0.25, -0.2) is 13.1 Å². The topological polar surface area (TPSA) is 104 Å². The third kappa shape index (κ3) is 4.15. The van der Waals surface area contributed by atoms with E-state index in [1.165, 1.54) is 6.07 Å². The monoisotopic (exact) mass is 475 g/mol. The largest absolute Gasteiger partial charge is 0.454 e. The minimum Gasteiger partial charge on any atom is -0.454 e. The fraction of sp³-hybridized carbons (Fsp3) is 0.100. The van der Waals surface area contributed by atoms with Crippen LogP contribution in [0.4, 0.5) is 0 Å². The first kappa shape index (κ1) is 20.0. The zero-order valence-electron chi connectivity index (χ0n) is 15.7. The molecule has 0 radical (unpaired) electrons. The van der Waals surface area contributed by atoms with Gasteiger partial charge < -0.3 is 14.0 Å². The molecule has 0 saturated carbocycles. The van der Waals surface area contributed by atoms with Crippen LogP contribution in [-0.2, 0) is 16.6 Å². The molecule has 0 saturated heterocycles. The maximum absolute atomic E-state index is 12.7. The first-order valence-electron chi connectivity index (χ1n) is 9.05. The fourth-order valence-corrected chi connectivity index (χ4v) is 5.27. The highest BCUT2D eigenvalue weighted by atomic mass is 35.5. The average Bonchev–Trinajstić information content (AvgIpc) is 3.52. The van der Waals surface area contributed by atoms with Crippen LogP contribution in [0.25, 0.3) is 22.8 Å². The molecule has 0 amide bonds. The number of hydrogen-bond donors (Lipinski definition) is 1. The van der Waals surface area contributed by atoms with Gasteiger partial charge in [0, 0.05) is 22.5 Å². The molecule has 2 aromatic heterocycles.